The number of amides is 1. The minimum absolute atomic E-state index is 0.0424. The lowest BCUT2D eigenvalue weighted by atomic mass is 9.88. The van der Waals surface area contributed by atoms with Gasteiger partial charge in [-0.1, -0.05) is 6.07 Å². The van der Waals surface area contributed by atoms with E-state index in [1.807, 2.05) is 4.90 Å². The molecule has 4 aliphatic rings. The van der Waals surface area contributed by atoms with Crippen molar-refractivity contribution in [2.75, 3.05) is 43.9 Å². The fourth-order valence-electron chi connectivity index (χ4n) is 8.99. The van der Waals surface area contributed by atoms with E-state index >= 15 is 30.7 Å². The van der Waals surface area contributed by atoms with Gasteiger partial charge in [-0.05, 0) is 49.9 Å². The SMILES string of the molecule is CN(c1nc(OC[C@@]23CCCN2C[C@H](F)C3)nc2c(C(F)(F)F)c(-c3ccc(F)c4sc(N)c(C#N)c34)c(C(F)(F)F)cc12)[C@H]1CC(=O)N2CCC[C@@H]12. The first-order valence-corrected chi connectivity index (χ1v) is 17.8. The van der Waals surface area contributed by atoms with Gasteiger partial charge in [-0.2, -0.15) is 41.6 Å². The number of alkyl halides is 7. The molecule has 0 bridgehead atoms. The van der Waals surface area contributed by atoms with Crippen LogP contribution in [0.1, 0.15) is 55.2 Å². The molecule has 0 unspecified atom stereocenters. The summed E-state index contributed by atoms with van der Waals surface area (Å²) >= 11 is 0.529. The molecule has 6 heterocycles. The van der Waals surface area contributed by atoms with Gasteiger partial charge in [0.05, 0.1) is 44.5 Å². The Morgan fingerprint density at radius 1 is 1.15 bits per heavy atom. The van der Waals surface area contributed by atoms with Gasteiger partial charge in [-0.3, -0.25) is 9.69 Å². The number of carbonyl (C=O) groups excluding carboxylic acids is 1. The summed E-state index contributed by atoms with van der Waals surface area (Å²) in [7, 11) is 1.46. The lowest BCUT2D eigenvalue weighted by Gasteiger charge is -2.32. The third kappa shape index (κ3) is 5.60. The molecular weight excluding hydrogens is 734 g/mol. The molecule has 280 valence electrons. The van der Waals surface area contributed by atoms with Gasteiger partial charge in [0.25, 0.3) is 0 Å². The predicted molar refractivity (Wildman–Crippen MR) is 180 cm³/mol. The molecular formula is C35H31F8N7O2S. The van der Waals surface area contributed by atoms with Crippen molar-refractivity contribution in [1.29, 1.82) is 5.26 Å². The topological polar surface area (TPSA) is 112 Å². The number of thiophene rings is 1. The number of ether oxygens (including phenoxy) is 1. The van der Waals surface area contributed by atoms with Crippen molar-refractivity contribution in [3.63, 3.8) is 0 Å². The number of nitrogens with zero attached hydrogens (tertiary/aromatic N) is 6. The molecule has 53 heavy (non-hydrogen) atoms. The molecule has 0 aliphatic carbocycles. The lowest BCUT2D eigenvalue weighted by Crippen LogP contribution is -2.43. The van der Waals surface area contributed by atoms with Crippen LogP contribution in [0.15, 0.2) is 18.2 Å². The molecule has 1 amide bonds. The van der Waals surface area contributed by atoms with E-state index < -0.39 is 86.0 Å². The van der Waals surface area contributed by atoms with Crippen LogP contribution in [0.3, 0.4) is 0 Å². The Labute approximate surface area is 300 Å². The molecule has 18 heteroatoms. The van der Waals surface area contributed by atoms with E-state index in [1.54, 1.807) is 11.0 Å². The molecule has 0 spiro atoms. The summed E-state index contributed by atoms with van der Waals surface area (Å²) in [5.74, 6) is -1.50. The number of nitriles is 1. The number of nitrogen functional groups attached to an aromatic ring is 1. The average molecular weight is 766 g/mol. The minimum atomic E-state index is -5.51. The highest BCUT2D eigenvalue weighted by molar-refractivity contribution is 7.23. The van der Waals surface area contributed by atoms with Gasteiger partial charge in [0.1, 0.15) is 35.5 Å². The zero-order valence-corrected chi connectivity index (χ0v) is 28.9. The van der Waals surface area contributed by atoms with Crippen LogP contribution in [0, 0.1) is 17.1 Å². The maximum absolute atomic E-state index is 15.6. The van der Waals surface area contributed by atoms with Gasteiger partial charge < -0.3 is 20.3 Å². The second-order valence-corrected chi connectivity index (χ2v) is 15.2. The van der Waals surface area contributed by atoms with Gasteiger partial charge in [-0.15, -0.1) is 11.3 Å². The van der Waals surface area contributed by atoms with Crippen molar-refractivity contribution in [2.24, 2.45) is 0 Å². The van der Waals surface area contributed by atoms with Crippen LogP contribution >= 0.6 is 11.3 Å². The molecule has 0 radical (unpaired) electrons. The summed E-state index contributed by atoms with van der Waals surface area (Å²) in [4.78, 5) is 26.5. The van der Waals surface area contributed by atoms with Crippen LogP contribution < -0.4 is 15.4 Å². The van der Waals surface area contributed by atoms with E-state index in [2.05, 4.69) is 9.97 Å². The standard InChI is InChI=1S/C35H31F8N7O2S/c1-48(23-11-24(51)50-9-2-4-22(23)50)31-18-10-20(34(38,39)40)26(17-5-6-21(37)29-25(17)19(13-44)30(45)53-29)27(35(41,42)43)28(18)46-32(47-31)52-15-33-7-3-8-49(33)14-16(36)12-33/h5-6,10,16,22-23H,2-4,7-9,11-12,14-15,45H2,1H3/t16-,22+,23+,33+/m1/s1. The Morgan fingerprint density at radius 3 is 2.64 bits per heavy atom. The van der Waals surface area contributed by atoms with Crippen LogP contribution in [0.4, 0.5) is 45.9 Å². The predicted octanol–water partition coefficient (Wildman–Crippen LogP) is 7.30. The molecule has 8 rings (SSSR count). The Hall–Kier alpha value is -4.50. The maximum Gasteiger partial charge on any atom is 0.419 e. The zero-order valence-electron chi connectivity index (χ0n) is 28.0. The van der Waals surface area contributed by atoms with Gasteiger partial charge in [0.15, 0.2) is 0 Å². The van der Waals surface area contributed by atoms with E-state index in [-0.39, 0.29) is 53.5 Å². The van der Waals surface area contributed by atoms with Gasteiger partial charge in [0.2, 0.25) is 5.91 Å². The second-order valence-electron chi connectivity index (χ2n) is 14.2. The number of benzene rings is 2. The van der Waals surface area contributed by atoms with Crippen molar-refractivity contribution in [3.05, 3.63) is 40.7 Å². The Bertz CT molecular complexity index is 2220. The van der Waals surface area contributed by atoms with Crippen molar-refractivity contribution in [2.45, 2.75) is 74.7 Å². The number of likely N-dealkylation sites (N-methyl/N-ethyl adjacent to an activating group) is 1. The first-order valence-electron chi connectivity index (χ1n) is 17.0. The maximum atomic E-state index is 15.6. The third-order valence-electron chi connectivity index (χ3n) is 11.2. The number of anilines is 2. The summed E-state index contributed by atoms with van der Waals surface area (Å²) in [6, 6.07) is 2.15. The first-order chi connectivity index (χ1) is 25.0. The summed E-state index contributed by atoms with van der Waals surface area (Å²) < 4.78 is 128. The van der Waals surface area contributed by atoms with Crippen LogP contribution in [-0.4, -0.2) is 82.8 Å². The number of rotatable bonds is 6. The highest BCUT2D eigenvalue weighted by Crippen LogP contribution is 2.52. The molecule has 4 aromatic rings. The summed E-state index contributed by atoms with van der Waals surface area (Å²) in [6.07, 6.45) is -9.45. The third-order valence-corrected chi connectivity index (χ3v) is 12.3. The quantitative estimate of drug-likeness (QED) is 0.204. The van der Waals surface area contributed by atoms with Crippen LogP contribution in [0.2, 0.25) is 0 Å². The van der Waals surface area contributed by atoms with Crippen LogP contribution in [0.5, 0.6) is 6.01 Å². The Kier molecular flexibility index (Phi) is 8.22. The number of carbonyl (C=O) groups is 1. The zero-order chi connectivity index (χ0) is 37.8. The highest BCUT2D eigenvalue weighted by Gasteiger charge is 2.50. The summed E-state index contributed by atoms with van der Waals surface area (Å²) in [5.41, 5.74) is -1.87. The van der Waals surface area contributed by atoms with Gasteiger partial charge in [0, 0.05) is 49.3 Å². The monoisotopic (exact) mass is 765 g/mol. The van der Waals surface area contributed by atoms with E-state index in [1.165, 1.54) is 11.9 Å². The summed E-state index contributed by atoms with van der Waals surface area (Å²) in [6.45, 7) is 1.04. The van der Waals surface area contributed by atoms with Gasteiger partial charge >= 0.3 is 18.4 Å². The number of hydrogen-bond acceptors (Lipinski definition) is 9. The molecule has 9 nitrogen and oxygen atoms in total. The number of nitrogens with two attached hydrogens (primary N) is 1. The van der Waals surface area contributed by atoms with Crippen molar-refractivity contribution >= 4 is 49.1 Å². The molecule has 4 atom stereocenters. The molecule has 0 saturated carbocycles. The number of aromatic nitrogens is 2. The minimum Gasteiger partial charge on any atom is -0.461 e. The van der Waals surface area contributed by atoms with Crippen molar-refractivity contribution in [3.8, 4) is 23.2 Å². The molecule has 4 aliphatic heterocycles. The molecule has 4 saturated heterocycles. The van der Waals surface area contributed by atoms with Crippen molar-refractivity contribution < 1.29 is 44.7 Å². The van der Waals surface area contributed by atoms with Gasteiger partial charge in [-0.25, -0.2) is 8.78 Å². The van der Waals surface area contributed by atoms with E-state index in [0.29, 0.717) is 49.8 Å². The fraction of sp³-hybridized carbons (Fsp3) is 0.486. The summed E-state index contributed by atoms with van der Waals surface area (Å²) in [5, 5.41) is 8.47. The van der Waals surface area contributed by atoms with Crippen LogP contribution in [0.25, 0.3) is 32.1 Å². The first kappa shape index (κ1) is 35.5. The Balaban J connectivity index is 1.41. The lowest BCUT2D eigenvalue weighted by molar-refractivity contribution is -0.141. The van der Waals surface area contributed by atoms with E-state index in [4.69, 9.17) is 10.5 Å². The normalized spacial score (nSPS) is 24.7. The highest BCUT2D eigenvalue weighted by atomic mass is 32.1. The number of fused-ring (bicyclic) bond motifs is 4. The van der Waals surface area contributed by atoms with E-state index in [9.17, 15) is 14.4 Å². The number of hydrogen-bond donors (Lipinski definition) is 1. The molecule has 2 N–H and O–H groups in total. The smallest absolute Gasteiger partial charge is 0.419 e. The molecule has 2 aromatic carbocycles. The molecule has 2 aromatic heterocycles. The second kappa shape index (κ2) is 12.3. The van der Waals surface area contributed by atoms with Crippen LogP contribution in [-0.2, 0) is 17.1 Å². The molecule has 4 fully saturated rings. The van der Waals surface area contributed by atoms with E-state index in [0.717, 1.165) is 18.6 Å². The van der Waals surface area contributed by atoms with Crippen molar-refractivity contribution in [1.82, 2.24) is 19.8 Å². The number of halogens is 8. The average Bonchev–Trinajstić information content (AvgIpc) is 3.89. The Morgan fingerprint density at radius 2 is 1.92 bits per heavy atom. The largest absolute Gasteiger partial charge is 0.461 e. The fourth-order valence-corrected chi connectivity index (χ4v) is 9.94.